The van der Waals surface area contributed by atoms with Crippen molar-refractivity contribution in [1.29, 1.82) is 0 Å². The predicted octanol–water partition coefficient (Wildman–Crippen LogP) is 2.31. The molecule has 2 aromatic carbocycles. The van der Waals surface area contributed by atoms with E-state index >= 15 is 0 Å². The summed E-state index contributed by atoms with van der Waals surface area (Å²) >= 11 is 0. The lowest BCUT2D eigenvalue weighted by Crippen LogP contribution is -2.30. The number of nitrogens with one attached hydrogen (secondary N) is 1. The molecule has 0 aliphatic heterocycles. The number of carbonyl (C=O) groups is 1. The number of aryl methyl sites for hydroxylation is 1. The standard InChI is InChI=1S/C18H17N3O4S/c1-13-11-19-21(12-13)15-8-6-14(7-9-15)18(22)20-26(23,24)17-5-3-4-16(10-17)25-2/h3-12H,1-2H3,(H,20,22). The fourth-order valence-electron chi connectivity index (χ4n) is 2.33. The maximum Gasteiger partial charge on any atom is 0.264 e. The third kappa shape index (κ3) is 3.75. The summed E-state index contributed by atoms with van der Waals surface area (Å²) < 4.78 is 33.5. The lowest BCUT2D eigenvalue weighted by Gasteiger charge is -2.09. The van der Waals surface area contributed by atoms with E-state index in [0.29, 0.717) is 5.75 Å². The highest BCUT2D eigenvalue weighted by Gasteiger charge is 2.19. The molecule has 134 valence electrons. The molecule has 26 heavy (non-hydrogen) atoms. The van der Waals surface area contributed by atoms with Gasteiger partial charge in [0.25, 0.3) is 15.9 Å². The van der Waals surface area contributed by atoms with Crippen molar-refractivity contribution in [3.63, 3.8) is 0 Å². The van der Waals surface area contributed by atoms with Crippen LogP contribution in [0.15, 0.2) is 65.8 Å². The molecule has 3 rings (SSSR count). The van der Waals surface area contributed by atoms with E-state index in [1.165, 1.54) is 19.2 Å². The first-order valence-corrected chi connectivity index (χ1v) is 9.20. The summed E-state index contributed by atoms with van der Waals surface area (Å²) in [5, 5.41) is 4.18. The van der Waals surface area contributed by atoms with Gasteiger partial charge < -0.3 is 4.74 Å². The normalized spacial score (nSPS) is 11.2. The molecule has 0 aliphatic rings. The molecular weight excluding hydrogens is 354 g/mol. The number of amides is 1. The van der Waals surface area contributed by atoms with Crippen molar-refractivity contribution in [1.82, 2.24) is 14.5 Å². The number of ether oxygens (including phenoxy) is 1. The minimum absolute atomic E-state index is 0.0474. The van der Waals surface area contributed by atoms with Crippen molar-refractivity contribution < 1.29 is 17.9 Å². The lowest BCUT2D eigenvalue weighted by atomic mass is 10.2. The molecule has 1 amide bonds. The summed E-state index contributed by atoms with van der Waals surface area (Å²) in [6.45, 7) is 1.93. The molecule has 1 aromatic heterocycles. The summed E-state index contributed by atoms with van der Waals surface area (Å²) in [7, 11) is -2.56. The lowest BCUT2D eigenvalue weighted by molar-refractivity contribution is 0.0981. The molecule has 0 aliphatic carbocycles. The molecule has 1 heterocycles. The molecule has 8 heteroatoms. The van der Waals surface area contributed by atoms with E-state index in [2.05, 4.69) is 9.82 Å². The van der Waals surface area contributed by atoms with Crippen LogP contribution < -0.4 is 9.46 Å². The zero-order chi connectivity index (χ0) is 18.7. The average molecular weight is 371 g/mol. The van der Waals surface area contributed by atoms with Gasteiger partial charge >= 0.3 is 0 Å². The van der Waals surface area contributed by atoms with Gasteiger partial charge in [-0.05, 0) is 48.9 Å². The van der Waals surface area contributed by atoms with Crippen LogP contribution >= 0.6 is 0 Å². The molecule has 0 saturated heterocycles. The van der Waals surface area contributed by atoms with Gasteiger partial charge in [0.05, 0.1) is 23.9 Å². The highest BCUT2D eigenvalue weighted by molar-refractivity contribution is 7.90. The van der Waals surface area contributed by atoms with Gasteiger partial charge in [0.15, 0.2) is 0 Å². The largest absolute Gasteiger partial charge is 0.497 e. The van der Waals surface area contributed by atoms with E-state index in [9.17, 15) is 13.2 Å². The third-order valence-electron chi connectivity index (χ3n) is 3.68. The van der Waals surface area contributed by atoms with Gasteiger partial charge in [0, 0.05) is 17.8 Å². The van der Waals surface area contributed by atoms with Crippen LogP contribution in [0, 0.1) is 6.92 Å². The number of hydrogen-bond donors (Lipinski definition) is 1. The molecule has 7 nitrogen and oxygen atoms in total. The Morgan fingerprint density at radius 3 is 2.50 bits per heavy atom. The van der Waals surface area contributed by atoms with E-state index in [1.54, 1.807) is 47.3 Å². The first kappa shape index (κ1) is 17.7. The number of hydrogen-bond acceptors (Lipinski definition) is 5. The van der Waals surface area contributed by atoms with E-state index in [1.807, 2.05) is 13.1 Å². The monoisotopic (exact) mass is 371 g/mol. The number of methoxy groups -OCH3 is 1. The first-order chi connectivity index (χ1) is 12.4. The van der Waals surface area contributed by atoms with Crippen LogP contribution in [-0.4, -0.2) is 31.2 Å². The van der Waals surface area contributed by atoms with Crippen molar-refractivity contribution in [3.05, 3.63) is 72.1 Å². The second-order valence-corrected chi connectivity index (χ2v) is 7.31. The van der Waals surface area contributed by atoms with Gasteiger partial charge in [0.1, 0.15) is 5.75 Å². The first-order valence-electron chi connectivity index (χ1n) is 7.72. The summed E-state index contributed by atoms with van der Waals surface area (Å²) in [5.41, 5.74) is 2.01. The van der Waals surface area contributed by atoms with E-state index in [-0.39, 0.29) is 10.5 Å². The number of aromatic nitrogens is 2. The van der Waals surface area contributed by atoms with E-state index in [4.69, 9.17) is 4.74 Å². The van der Waals surface area contributed by atoms with Gasteiger partial charge in [-0.15, -0.1) is 0 Å². The summed E-state index contributed by atoms with van der Waals surface area (Å²) in [4.78, 5) is 12.2. The number of benzene rings is 2. The molecule has 0 saturated carbocycles. The fourth-order valence-corrected chi connectivity index (χ4v) is 3.34. The van der Waals surface area contributed by atoms with E-state index < -0.39 is 15.9 Å². The molecule has 0 bridgehead atoms. The zero-order valence-corrected chi connectivity index (χ0v) is 15.0. The molecular formula is C18H17N3O4S. The molecule has 3 aromatic rings. The minimum Gasteiger partial charge on any atom is -0.497 e. The molecule has 0 unspecified atom stereocenters. The van der Waals surface area contributed by atoms with E-state index in [0.717, 1.165) is 11.3 Å². The molecule has 0 spiro atoms. The Labute approximate surface area is 151 Å². The van der Waals surface area contributed by atoms with Gasteiger partial charge in [-0.3, -0.25) is 4.79 Å². The van der Waals surface area contributed by atoms with Crippen molar-refractivity contribution in [2.75, 3.05) is 7.11 Å². The molecule has 0 atom stereocenters. The number of carbonyl (C=O) groups excluding carboxylic acids is 1. The summed E-state index contributed by atoms with van der Waals surface area (Å²) in [6.07, 6.45) is 3.57. The van der Waals surface area contributed by atoms with Crippen LogP contribution in [0.2, 0.25) is 0 Å². The van der Waals surface area contributed by atoms with Crippen LogP contribution in [0.3, 0.4) is 0 Å². The zero-order valence-electron chi connectivity index (χ0n) is 14.2. The number of nitrogens with zero attached hydrogens (tertiary/aromatic N) is 2. The maximum absolute atomic E-state index is 12.4. The fraction of sp³-hybridized carbons (Fsp3) is 0.111. The SMILES string of the molecule is COc1cccc(S(=O)(=O)NC(=O)c2ccc(-n3cc(C)cn3)cc2)c1. The molecule has 0 fully saturated rings. The summed E-state index contributed by atoms with van der Waals surface area (Å²) in [5.74, 6) is -0.324. The summed E-state index contributed by atoms with van der Waals surface area (Å²) in [6, 6.07) is 12.4. The highest BCUT2D eigenvalue weighted by atomic mass is 32.2. The van der Waals surface area contributed by atoms with Crippen molar-refractivity contribution in [2.24, 2.45) is 0 Å². The minimum atomic E-state index is -4.00. The van der Waals surface area contributed by atoms with Crippen molar-refractivity contribution >= 4 is 15.9 Å². The Hall–Kier alpha value is -3.13. The Morgan fingerprint density at radius 2 is 1.88 bits per heavy atom. The number of sulfonamides is 1. The van der Waals surface area contributed by atoms with Crippen LogP contribution in [0.25, 0.3) is 5.69 Å². The Balaban J connectivity index is 1.78. The second kappa shape index (κ2) is 7.01. The van der Waals surface area contributed by atoms with Crippen LogP contribution in [0.4, 0.5) is 0 Å². The van der Waals surface area contributed by atoms with Gasteiger partial charge in [-0.25, -0.2) is 17.8 Å². The van der Waals surface area contributed by atoms with Gasteiger partial charge in [-0.1, -0.05) is 6.07 Å². The van der Waals surface area contributed by atoms with Crippen LogP contribution in [0.1, 0.15) is 15.9 Å². The topological polar surface area (TPSA) is 90.3 Å². The Morgan fingerprint density at radius 1 is 1.15 bits per heavy atom. The van der Waals surface area contributed by atoms with Crippen molar-refractivity contribution in [3.8, 4) is 11.4 Å². The van der Waals surface area contributed by atoms with Crippen molar-refractivity contribution in [2.45, 2.75) is 11.8 Å². The Bertz CT molecular complexity index is 1040. The van der Waals surface area contributed by atoms with Gasteiger partial charge in [0.2, 0.25) is 0 Å². The quantitative estimate of drug-likeness (QED) is 0.743. The van der Waals surface area contributed by atoms with Crippen LogP contribution in [-0.2, 0) is 10.0 Å². The highest BCUT2D eigenvalue weighted by Crippen LogP contribution is 2.17. The molecule has 1 N–H and O–H groups in total. The molecule has 0 radical (unpaired) electrons. The average Bonchev–Trinajstić information content (AvgIpc) is 3.08. The predicted molar refractivity (Wildman–Crippen MR) is 95.9 cm³/mol. The van der Waals surface area contributed by atoms with Gasteiger partial charge in [-0.2, -0.15) is 5.10 Å². The maximum atomic E-state index is 12.4. The van der Waals surface area contributed by atoms with Crippen LogP contribution in [0.5, 0.6) is 5.75 Å². The number of rotatable bonds is 5. The third-order valence-corrected chi connectivity index (χ3v) is 5.01. The Kier molecular flexibility index (Phi) is 4.77. The second-order valence-electron chi connectivity index (χ2n) is 5.62. The smallest absolute Gasteiger partial charge is 0.264 e.